The number of rotatable bonds is 1. The summed E-state index contributed by atoms with van der Waals surface area (Å²) in [6, 6.07) is 5.95. The SMILES string of the molecule is Cc1cc(C(=O)N2CCC3(CC2)C(=O)NCCN3C)c2ccc(C)c(C)c2n1. The highest BCUT2D eigenvalue weighted by Crippen LogP contribution is 2.32. The fraction of sp³-hybridized carbons (Fsp3) is 0.500. The Bertz CT molecular complexity index is 961. The molecule has 2 fully saturated rings. The van der Waals surface area contributed by atoms with Crippen molar-refractivity contribution in [1.82, 2.24) is 20.1 Å². The predicted molar refractivity (Wildman–Crippen MR) is 109 cm³/mol. The third-order valence-electron chi connectivity index (χ3n) is 6.63. The number of aryl methyl sites for hydroxylation is 3. The Kier molecular flexibility index (Phi) is 4.62. The molecule has 0 saturated carbocycles. The van der Waals surface area contributed by atoms with E-state index in [4.69, 9.17) is 0 Å². The largest absolute Gasteiger partial charge is 0.353 e. The maximum atomic E-state index is 13.4. The van der Waals surface area contributed by atoms with Gasteiger partial charge in [-0.15, -0.1) is 0 Å². The molecule has 0 atom stereocenters. The molecule has 28 heavy (non-hydrogen) atoms. The zero-order chi connectivity index (χ0) is 20.1. The molecule has 148 valence electrons. The van der Waals surface area contributed by atoms with Crippen molar-refractivity contribution in [3.63, 3.8) is 0 Å². The molecule has 1 spiro atoms. The van der Waals surface area contributed by atoms with Gasteiger partial charge in [0.1, 0.15) is 5.54 Å². The molecule has 4 rings (SSSR count). The average Bonchev–Trinajstić information content (AvgIpc) is 2.69. The molecule has 2 aromatic rings. The number of piperazine rings is 1. The number of aromatic nitrogens is 1. The second-order valence-corrected chi connectivity index (χ2v) is 8.22. The molecule has 0 radical (unpaired) electrons. The van der Waals surface area contributed by atoms with Gasteiger partial charge in [0, 0.05) is 37.3 Å². The number of carbonyl (C=O) groups is 2. The maximum absolute atomic E-state index is 13.4. The van der Waals surface area contributed by atoms with Crippen molar-refractivity contribution < 1.29 is 9.59 Å². The first-order valence-electron chi connectivity index (χ1n) is 10.00. The van der Waals surface area contributed by atoms with E-state index in [-0.39, 0.29) is 11.8 Å². The molecule has 2 aliphatic heterocycles. The van der Waals surface area contributed by atoms with Crippen LogP contribution in [0.25, 0.3) is 10.9 Å². The van der Waals surface area contributed by atoms with E-state index in [1.807, 2.05) is 31.0 Å². The zero-order valence-corrected chi connectivity index (χ0v) is 17.1. The van der Waals surface area contributed by atoms with Gasteiger partial charge in [0.15, 0.2) is 0 Å². The van der Waals surface area contributed by atoms with Crippen molar-refractivity contribution in [1.29, 1.82) is 0 Å². The van der Waals surface area contributed by atoms with Crippen LogP contribution in [0.15, 0.2) is 18.2 Å². The lowest BCUT2D eigenvalue weighted by molar-refractivity contribution is -0.139. The Hall–Kier alpha value is -2.47. The fourth-order valence-corrected chi connectivity index (χ4v) is 4.58. The molecule has 1 N–H and O–H groups in total. The van der Waals surface area contributed by atoms with E-state index in [9.17, 15) is 9.59 Å². The normalized spacial score (nSPS) is 19.9. The second-order valence-electron chi connectivity index (χ2n) is 8.22. The zero-order valence-electron chi connectivity index (χ0n) is 17.1. The third kappa shape index (κ3) is 2.87. The van der Waals surface area contributed by atoms with Gasteiger partial charge in [-0.3, -0.25) is 19.5 Å². The van der Waals surface area contributed by atoms with E-state index in [0.29, 0.717) is 38.0 Å². The Balaban J connectivity index is 1.63. The van der Waals surface area contributed by atoms with Gasteiger partial charge in [-0.25, -0.2) is 0 Å². The van der Waals surface area contributed by atoms with Crippen LogP contribution in [-0.4, -0.2) is 65.4 Å². The number of nitrogens with zero attached hydrogens (tertiary/aromatic N) is 3. The van der Waals surface area contributed by atoms with Crippen LogP contribution in [0, 0.1) is 20.8 Å². The topological polar surface area (TPSA) is 65.5 Å². The highest BCUT2D eigenvalue weighted by atomic mass is 16.2. The van der Waals surface area contributed by atoms with Gasteiger partial charge in [0.2, 0.25) is 5.91 Å². The molecule has 1 aromatic carbocycles. The number of benzene rings is 1. The first kappa shape index (κ1) is 18.9. The molecule has 3 heterocycles. The summed E-state index contributed by atoms with van der Waals surface area (Å²) < 4.78 is 0. The van der Waals surface area contributed by atoms with E-state index in [1.54, 1.807) is 0 Å². The van der Waals surface area contributed by atoms with E-state index in [2.05, 4.69) is 35.1 Å². The summed E-state index contributed by atoms with van der Waals surface area (Å²) in [5.41, 5.74) is 4.29. The number of carbonyl (C=O) groups excluding carboxylic acids is 2. The summed E-state index contributed by atoms with van der Waals surface area (Å²) in [5.74, 6) is 0.136. The summed E-state index contributed by atoms with van der Waals surface area (Å²) in [4.78, 5) is 34.7. The first-order chi connectivity index (χ1) is 13.3. The summed E-state index contributed by atoms with van der Waals surface area (Å²) in [7, 11) is 2.01. The molecule has 0 unspecified atom stereocenters. The van der Waals surface area contributed by atoms with Crippen LogP contribution < -0.4 is 5.32 Å². The summed E-state index contributed by atoms with van der Waals surface area (Å²) in [6.45, 7) is 8.78. The molecule has 1 aromatic heterocycles. The number of pyridine rings is 1. The predicted octanol–water partition coefficient (Wildman–Crippen LogP) is 2.20. The van der Waals surface area contributed by atoms with E-state index in [0.717, 1.165) is 28.7 Å². The van der Waals surface area contributed by atoms with Gasteiger partial charge < -0.3 is 10.2 Å². The molecule has 0 aliphatic carbocycles. The smallest absolute Gasteiger partial charge is 0.254 e. The van der Waals surface area contributed by atoms with Crippen molar-refractivity contribution in [3.05, 3.63) is 40.6 Å². The molecule has 6 nitrogen and oxygen atoms in total. The monoisotopic (exact) mass is 380 g/mol. The molecule has 0 bridgehead atoms. The van der Waals surface area contributed by atoms with Gasteiger partial charge in [0.05, 0.1) is 11.1 Å². The number of nitrogens with one attached hydrogen (secondary N) is 1. The number of amides is 2. The number of likely N-dealkylation sites (tertiary alicyclic amines) is 1. The van der Waals surface area contributed by atoms with Crippen LogP contribution >= 0.6 is 0 Å². The second kappa shape index (κ2) is 6.85. The van der Waals surface area contributed by atoms with Crippen molar-refractivity contribution in [3.8, 4) is 0 Å². The third-order valence-corrected chi connectivity index (χ3v) is 6.63. The summed E-state index contributed by atoms with van der Waals surface area (Å²) in [5, 5.41) is 3.91. The number of fused-ring (bicyclic) bond motifs is 1. The molecular formula is C22H28N4O2. The molecule has 6 heteroatoms. The number of piperidine rings is 1. The summed E-state index contributed by atoms with van der Waals surface area (Å²) in [6.07, 6.45) is 1.34. The lowest BCUT2D eigenvalue weighted by atomic mass is 9.83. The highest BCUT2D eigenvalue weighted by molar-refractivity contribution is 6.07. The lowest BCUT2D eigenvalue weighted by Gasteiger charge is -2.48. The van der Waals surface area contributed by atoms with Crippen molar-refractivity contribution in [2.75, 3.05) is 33.2 Å². The van der Waals surface area contributed by atoms with Crippen LogP contribution in [0.3, 0.4) is 0 Å². The maximum Gasteiger partial charge on any atom is 0.254 e. The number of hydrogen-bond donors (Lipinski definition) is 1. The average molecular weight is 380 g/mol. The molecular weight excluding hydrogens is 352 g/mol. The van der Waals surface area contributed by atoms with Gasteiger partial charge in [-0.1, -0.05) is 12.1 Å². The van der Waals surface area contributed by atoms with Crippen LogP contribution in [-0.2, 0) is 4.79 Å². The lowest BCUT2D eigenvalue weighted by Crippen LogP contribution is -2.67. The van der Waals surface area contributed by atoms with Crippen molar-refractivity contribution >= 4 is 22.7 Å². The van der Waals surface area contributed by atoms with E-state index < -0.39 is 5.54 Å². The van der Waals surface area contributed by atoms with Crippen LogP contribution in [0.1, 0.15) is 40.0 Å². The van der Waals surface area contributed by atoms with Gasteiger partial charge in [0.25, 0.3) is 5.91 Å². The Morgan fingerprint density at radius 3 is 2.54 bits per heavy atom. The molecule has 2 aliphatic rings. The van der Waals surface area contributed by atoms with Crippen molar-refractivity contribution in [2.24, 2.45) is 0 Å². The number of hydrogen-bond acceptors (Lipinski definition) is 4. The Morgan fingerprint density at radius 1 is 1.14 bits per heavy atom. The molecule has 2 amide bonds. The van der Waals surface area contributed by atoms with Gasteiger partial charge >= 0.3 is 0 Å². The minimum atomic E-state index is -0.473. The van der Waals surface area contributed by atoms with Gasteiger partial charge in [-0.05, 0) is 57.9 Å². The van der Waals surface area contributed by atoms with Crippen LogP contribution in [0.5, 0.6) is 0 Å². The Morgan fingerprint density at radius 2 is 1.86 bits per heavy atom. The Labute approximate surface area is 165 Å². The van der Waals surface area contributed by atoms with Gasteiger partial charge in [-0.2, -0.15) is 0 Å². The minimum Gasteiger partial charge on any atom is -0.353 e. The minimum absolute atomic E-state index is 0.0347. The standard InChI is InChI=1S/C22H28N4O2/c1-14-5-6-17-18(13-15(2)24-19(17)16(14)3)20(27)26-10-7-22(8-11-26)21(28)23-9-12-25(22)4/h5-6,13H,7-12H2,1-4H3,(H,23,28). The van der Waals surface area contributed by atoms with Crippen LogP contribution in [0.2, 0.25) is 0 Å². The fourth-order valence-electron chi connectivity index (χ4n) is 4.58. The van der Waals surface area contributed by atoms with Crippen LogP contribution in [0.4, 0.5) is 0 Å². The van der Waals surface area contributed by atoms with E-state index in [1.165, 1.54) is 5.56 Å². The summed E-state index contributed by atoms with van der Waals surface area (Å²) >= 11 is 0. The van der Waals surface area contributed by atoms with E-state index >= 15 is 0 Å². The quantitative estimate of drug-likeness (QED) is 0.824. The highest BCUT2D eigenvalue weighted by Gasteiger charge is 2.47. The molecule has 2 saturated heterocycles. The van der Waals surface area contributed by atoms with Crippen molar-refractivity contribution in [2.45, 2.75) is 39.2 Å². The number of likely N-dealkylation sites (N-methyl/N-ethyl adjacent to an activating group) is 1. The first-order valence-corrected chi connectivity index (χ1v) is 10.00.